The van der Waals surface area contributed by atoms with Crippen molar-refractivity contribution >= 4 is 27.0 Å². The third-order valence-electron chi connectivity index (χ3n) is 5.59. The summed E-state index contributed by atoms with van der Waals surface area (Å²) in [6, 6.07) is 5.25. The Morgan fingerprint density at radius 1 is 1.30 bits per heavy atom. The minimum absolute atomic E-state index is 0.123. The maximum absolute atomic E-state index is 12.5. The fourth-order valence-electron chi connectivity index (χ4n) is 3.34. The fourth-order valence-corrected chi connectivity index (χ4v) is 4.26. The zero-order chi connectivity index (χ0) is 19.9. The molecule has 1 aliphatic carbocycles. The van der Waals surface area contributed by atoms with Crippen molar-refractivity contribution in [2.45, 2.75) is 43.5 Å². The number of hydrogen-bond acceptors (Lipinski definition) is 4. The highest BCUT2D eigenvalue weighted by Gasteiger charge is 2.32. The molecule has 2 aromatic rings. The molecule has 1 saturated carbocycles. The van der Waals surface area contributed by atoms with Crippen LogP contribution in [0.4, 0.5) is 0 Å². The predicted molar refractivity (Wildman–Crippen MR) is 105 cm³/mol. The van der Waals surface area contributed by atoms with E-state index in [0.29, 0.717) is 24.3 Å². The maximum atomic E-state index is 12.5. The molecule has 0 saturated heterocycles. The highest BCUT2D eigenvalue weighted by molar-refractivity contribution is 7.89. The normalized spacial score (nSPS) is 16.1. The number of benzene rings is 1. The van der Waals surface area contributed by atoms with Crippen molar-refractivity contribution in [3.63, 3.8) is 0 Å². The van der Waals surface area contributed by atoms with E-state index in [1.54, 1.807) is 18.2 Å². The largest absolute Gasteiger partial charge is 0.343 e. The monoisotopic (exact) mass is 392 g/mol. The molecule has 0 aliphatic heterocycles. The Labute approximate surface area is 161 Å². The first-order valence-corrected chi connectivity index (χ1v) is 10.7. The number of nitrogens with zero attached hydrogens (tertiary/aromatic N) is 4. The van der Waals surface area contributed by atoms with Gasteiger partial charge in [0.1, 0.15) is 5.82 Å². The van der Waals surface area contributed by atoms with E-state index >= 15 is 0 Å². The van der Waals surface area contributed by atoms with Crippen molar-refractivity contribution in [1.29, 1.82) is 0 Å². The molecule has 1 unspecified atom stereocenters. The highest BCUT2D eigenvalue weighted by atomic mass is 32.2. The van der Waals surface area contributed by atoms with Crippen molar-refractivity contribution < 1.29 is 13.2 Å². The Hall–Kier alpha value is -1.93. The molecule has 1 aliphatic rings. The molecule has 0 radical (unpaired) electrons. The second-order valence-corrected chi connectivity index (χ2v) is 9.76. The van der Waals surface area contributed by atoms with Crippen molar-refractivity contribution in [1.82, 2.24) is 18.8 Å². The summed E-state index contributed by atoms with van der Waals surface area (Å²) in [5, 5.41) is 0. The summed E-state index contributed by atoms with van der Waals surface area (Å²) in [5.41, 5.74) is 1.48. The van der Waals surface area contributed by atoms with E-state index in [0.717, 1.165) is 11.3 Å². The summed E-state index contributed by atoms with van der Waals surface area (Å²) in [7, 11) is 3.29. The smallest absolute Gasteiger partial charge is 0.242 e. The van der Waals surface area contributed by atoms with E-state index in [9.17, 15) is 13.2 Å². The van der Waals surface area contributed by atoms with Gasteiger partial charge in [0.15, 0.2) is 0 Å². The number of hydrogen-bond donors (Lipinski definition) is 0. The van der Waals surface area contributed by atoms with E-state index in [4.69, 9.17) is 0 Å². The molecule has 0 bridgehead atoms. The zero-order valence-electron chi connectivity index (χ0n) is 16.6. The summed E-state index contributed by atoms with van der Waals surface area (Å²) >= 11 is 0. The van der Waals surface area contributed by atoms with Gasteiger partial charge < -0.3 is 9.47 Å². The lowest BCUT2D eigenvalue weighted by molar-refractivity contribution is -0.132. The first-order chi connectivity index (χ1) is 12.6. The van der Waals surface area contributed by atoms with E-state index in [-0.39, 0.29) is 16.8 Å². The van der Waals surface area contributed by atoms with Gasteiger partial charge in [0.2, 0.25) is 15.9 Å². The fraction of sp³-hybridized carbons (Fsp3) is 0.579. The van der Waals surface area contributed by atoms with Crippen LogP contribution in [0.2, 0.25) is 0 Å². The van der Waals surface area contributed by atoms with Crippen LogP contribution in [0, 0.1) is 5.92 Å². The summed E-state index contributed by atoms with van der Waals surface area (Å²) < 4.78 is 27.8. The number of amides is 1. The van der Waals surface area contributed by atoms with Gasteiger partial charge in [0, 0.05) is 47.1 Å². The second kappa shape index (κ2) is 7.24. The minimum atomic E-state index is -3.50. The minimum Gasteiger partial charge on any atom is -0.343 e. The van der Waals surface area contributed by atoms with Crippen LogP contribution in [0.1, 0.15) is 32.0 Å². The van der Waals surface area contributed by atoms with Gasteiger partial charge in [-0.25, -0.2) is 17.7 Å². The molecule has 1 amide bonds. The van der Waals surface area contributed by atoms with Gasteiger partial charge >= 0.3 is 0 Å². The molecule has 1 heterocycles. The van der Waals surface area contributed by atoms with Gasteiger partial charge in [-0.1, -0.05) is 0 Å². The number of carbonyl (C=O) groups excluding carboxylic acids is 1. The van der Waals surface area contributed by atoms with Gasteiger partial charge in [-0.2, -0.15) is 0 Å². The van der Waals surface area contributed by atoms with Gasteiger partial charge in [-0.05, 0) is 43.9 Å². The Morgan fingerprint density at radius 2 is 1.96 bits per heavy atom. The number of aryl methyl sites for hydroxylation is 2. The van der Waals surface area contributed by atoms with E-state index < -0.39 is 10.0 Å². The number of aromatic nitrogens is 2. The predicted octanol–water partition coefficient (Wildman–Crippen LogP) is 2.01. The molecular formula is C19H28N4O3S. The van der Waals surface area contributed by atoms with Crippen LogP contribution in [0.25, 0.3) is 11.0 Å². The molecule has 7 nitrogen and oxygen atoms in total. The molecule has 1 aromatic carbocycles. The molecule has 3 rings (SSSR count). The summed E-state index contributed by atoms with van der Waals surface area (Å²) in [6.07, 6.45) is 3.35. The molecule has 0 N–H and O–H groups in total. The lowest BCUT2D eigenvalue weighted by Crippen LogP contribution is -2.36. The molecular weight excluding hydrogens is 364 g/mol. The first-order valence-electron chi connectivity index (χ1n) is 9.26. The Morgan fingerprint density at radius 3 is 2.56 bits per heavy atom. The number of imidazole rings is 1. The molecule has 1 aromatic heterocycles. The van der Waals surface area contributed by atoms with Gasteiger partial charge in [0.05, 0.1) is 15.9 Å². The van der Waals surface area contributed by atoms with Crippen LogP contribution in [-0.2, 0) is 28.3 Å². The third kappa shape index (κ3) is 3.87. The number of fused-ring (bicyclic) bond motifs is 1. The standard InChI is InChI=1S/C19H28N4O3S/c1-13(14-6-7-14)22(4)19(24)11-10-18-20-16-12-15(27(25,26)21(2)3)8-9-17(16)23(18)5/h8-9,12-14H,6-7,10-11H2,1-5H3. The van der Waals surface area contributed by atoms with Gasteiger partial charge in [-0.15, -0.1) is 0 Å². The van der Waals surface area contributed by atoms with Crippen molar-refractivity contribution in [3.8, 4) is 0 Å². The van der Waals surface area contributed by atoms with Crippen LogP contribution in [0.3, 0.4) is 0 Å². The first kappa shape index (κ1) is 19.8. The quantitative estimate of drug-likeness (QED) is 0.722. The number of rotatable bonds is 7. The molecule has 0 spiro atoms. The summed E-state index contributed by atoms with van der Waals surface area (Å²) in [5.74, 6) is 1.55. The second-order valence-electron chi connectivity index (χ2n) is 7.61. The zero-order valence-corrected chi connectivity index (χ0v) is 17.5. The molecule has 8 heteroatoms. The van der Waals surface area contributed by atoms with Gasteiger partial charge in [-0.3, -0.25) is 4.79 Å². The van der Waals surface area contributed by atoms with Crippen LogP contribution in [0.5, 0.6) is 0 Å². The topological polar surface area (TPSA) is 75.5 Å². The lowest BCUT2D eigenvalue weighted by atomic mass is 10.1. The summed E-state index contributed by atoms with van der Waals surface area (Å²) in [6.45, 7) is 2.11. The molecule has 148 valence electrons. The molecule has 1 fully saturated rings. The summed E-state index contributed by atoms with van der Waals surface area (Å²) in [4.78, 5) is 19.1. The third-order valence-corrected chi connectivity index (χ3v) is 7.41. The average Bonchev–Trinajstić information content (AvgIpc) is 3.43. The van der Waals surface area contributed by atoms with Crippen molar-refractivity contribution in [2.75, 3.05) is 21.1 Å². The van der Waals surface area contributed by atoms with Crippen molar-refractivity contribution in [2.24, 2.45) is 13.0 Å². The Balaban J connectivity index is 1.77. The van der Waals surface area contributed by atoms with Crippen LogP contribution in [0.15, 0.2) is 23.1 Å². The van der Waals surface area contributed by atoms with E-state index in [1.165, 1.54) is 31.2 Å². The average molecular weight is 393 g/mol. The van der Waals surface area contributed by atoms with Crippen LogP contribution >= 0.6 is 0 Å². The maximum Gasteiger partial charge on any atom is 0.242 e. The number of sulfonamides is 1. The van der Waals surface area contributed by atoms with Gasteiger partial charge in [0.25, 0.3) is 0 Å². The van der Waals surface area contributed by atoms with Crippen LogP contribution in [-0.4, -0.2) is 60.3 Å². The Kier molecular flexibility index (Phi) is 5.31. The molecule has 1 atom stereocenters. The SMILES string of the molecule is CC(C1CC1)N(C)C(=O)CCc1nc2cc(S(=O)(=O)N(C)C)ccc2n1C. The highest BCUT2D eigenvalue weighted by Crippen LogP contribution is 2.34. The lowest BCUT2D eigenvalue weighted by Gasteiger charge is -2.24. The molecule has 27 heavy (non-hydrogen) atoms. The van der Waals surface area contributed by atoms with E-state index in [2.05, 4.69) is 11.9 Å². The van der Waals surface area contributed by atoms with E-state index in [1.807, 2.05) is 23.6 Å². The van der Waals surface area contributed by atoms with Crippen LogP contribution < -0.4 is 0 Å². The Bertz CT molecular complexity index is 961. The van der Waals surface area contributed by atoms with Crippen molar-refractivity contribution in [3.05, 3.63) is 24.0 Å². The number of carbonyl (C=O) groups is 1.